The Morgan fingerprint density at radius 2 is 1.81 bits per heavy atom. The Labute approximate surface area is 125 Å². The van der Waals surface area contributed by atoms with Crippen molar-refractivity contribution in [3.63, 3.8) is 0 Å². The van der Waals surface area contributed by atoms with Gasteiger partial charge in [-0.2, -0.15) is 15.0 Å². The van der Waals surface area contributed by atoms with Crippen LogP contribution < -0.4 is 16.0 Å². The van der Waals surface area contributed by atoms with Gasteiger partial charge in [0.25, 0.3) is 0 Å². The summed E-state index contributed by atoms with van der Waals surface area (Å²) in [6.45, 7) is 6.05. The number of nitrogen functional groups attached to an aromatic ring is 1. The van der Waals surface area contributed by atoms with Crippen LogP contribution in [-0.4, -0.2) is 59.5 Å². The summed E-state index contributed by atoms with van der Waals surface area (Å²) in [5, 5.41) is 2.85. The second-order valence-corrected chi connectivity index (χ2v) is 5.56. The van der Waals surface area contributed by atoms with E-state index in [1.807, 2.05) is 46.8 Å². The average molecular weight is 295 g/mol. The van der Waals surface area contributed by atoms with Crippen LogP contribution in [0.4, 0.5) is 11.9 Å². The maximum atomic E-state index is 11.8. The summed E-state index contributed by atoms with van der Waals surface area (Å²) < 4.78 is 0. The summed E-state index contributed by atoms with van der Waals surface area (Å²) in [5.41, 5.74) is 5.72. The predicted molar refractivity (Wildman–Crippen MR) is 82.9 cm³/mol. The smallest absolute Gasteiger partial charge is 0.234 e. The lowest BCUT2D eigenvalue weighted by Crippen LogP contribution is -2.39. The topological polar surface area (TPSA) is 100 Å². The van der Waals surface area contributed by atoms with Crippen molar-refractivity contribution in [2.24, 2.45) is 0 Å². The molecule has 1 atom stereocenters. The summed E-state index contributed by atoms with van der Waals surface area (Å²) in [7, 11) is 5.52. The highest BCUT2D eigenvalue weighted by Gasteiger charge is 2.19. The van der Waals surface area contributed by atoms with E-state index >= 15 is 0 Å². The molecule has 8 nitrogen and oxygen atoms in total. The van der Waals surface area contributed by atoms with Crippen molar-refractivity contribution in [2.75, 3.05) is 38.3 Å². The van der Waals surface area contributed by atoms with E-state index in [4.69, 9.17) is 5.73 Å². The SMILES string of the molecule is CC(C)NC(=O)CN(C)[C@@H](C)c1nc(N)nc(N(C)C)n1. The van der Waals surface area contributed by atoms with Crippen molar-refractivity contribution in [2.45, 2.75) is 32.9 Å². The quantitative estimate of drug-likeness (QED) is 0.764. The second kappa shape index (κ2) is 7.16. The number of nitrogens with zero attached hydrogens (tertiary/aromatic N) is 5. The van der Waals surface area contributed by atoms with Gasteiger partial charge in [-0.15, -0.1) is 0 Å². The van der Waals surface area contributed by atoms with Crippen LogP contribution in [0.5, 0.6) is 0 Å². The first-order valence-corrected chi connectivity index (χ1v) is 6.89. The maximum absolute atomic E-state index is 11.8. The zero-order valence-corrected chi connectivity index (χ0v) is 13.6. The van der Waals surface area contributed by atoms with Crippen LogP contribution in [0.15, 0.2) is 0 Å². The van der Waals surface area contributed by atoms with E-state index in [9.17, 15) is 4.79 Å². The van der Waals surface area contributed by atoms with Gasteiger partial charge in [0.2, 0.25) is 17.8 Å². The van der Waals surface area contributed by atoms with E-state index in [1.165, 1.54) is 0 Å². The Morgan fingerprint density at radius 1 is 1.19 bits per heavy atom. The van der Waals surface area contributed by atoms with E-state index in [0.29, 0.717) is 11.8 Å². The first-order chi connectivity index (χ1) is 9.70. The van der Waals surface area contributed by atoms with E-state index in [-0.39, 0.29) is 30.5 Å². The number of carbonyl (C=O) groups excluding carboxylic acids is 1. The third kappa shape index (κ3) is 5.14. The standard InChI is InChI=1S/C13H25N7O/c1-8(2)15-10(21)7-20(6)9(3)11-16-12(14)18-13(17-11)19(4)5/h8-9H,7H2,1-6H3,(H,15,21)(H2,14,16,17,18)/t9-/m0/s1. The predicted octanol–water partition coefficient (Wildman–Crippen LogP) is 0.0372. The van der Waals surface area contributed by atoms with Crippen molar-refractivity contribution in [3.8, 4) is 0 Å². The molecule has 1 aromatic heterocycles. The van der Waals surface area contributed by atoms with E-state index in [1.54, 1.807) is 4.90 Å². The van der Waals surface area contributed by atoms with Crippen LogP contribution in [0.25, 0.3) is 0 Å². The molecule has 0 saturated carbocycles. The summed E-state index contributed by atoms with van der Waals surface area (Å²) in [4.78, 5) is 28.0. The number of amides is 1. The lowest BCUT2D eigenvalue weighted by molar-refractivity contribution is -0.122. The van der Waals surface area contributed by atoms with Gasteiger partial charge in [-0.3, -0.25) is 9.69 Å². The molecule has 0 unspecified atom stereocenters. The van der Waals surface area contributed by atoms with Crippen LogP contribution in [0, 0.1) is 0 Å². The van der Waals surface area contributed by atoms with Gasteiger partial charge >= 0.3 is 0 Å². The molecule has 0 aromatic carbocycles. The number of nitrogens with two attached hydrogens (primary N) is 1. The molecular weight excluding hydrogens is 270 g/mol. The first-order valence-electron chi connectivity index (χ1n) is 6.89. The molecule has 0 saturated heterocycles. The molecule has 1 amide bonds. The van der Waals surface area contributed by atoms with Gasteiger partial charge in [-0.05, 0) is 27.8 Å². The molecule has 21 heavy (non-hydrogen) atoms. The summed E-state index contributed by atoms with van der Waals surface area (Å²) in [6.07, 6.45) is 0. The van der Waals surface area contributed by atoms with Crippen molar-refractivity contribution in [1.29, 1.82) is 0 Å². The van der Waals surface area contributed by atoms with Gasteiger partial charge in [0.1, 0.15) is 0 Å². The molecule has 3 N–H and O–H groups in total. The van der Waals surface area contributed by atoms with Crippen molar-refractivity contribution >= 4 is 17.8 Å². The lowest BCUT2D eigenvalue weighted by atomic mass is 10.2. The zero-order chi connectivity index (χ0) is 16.2. The van der Waals surface area contributed by atoms with Gasteiger partial charge in [0.15, 0.2) is 5.82 Å². The Hall–Kier alpha value is -1.96. The number of carbonyl (C=O) groups is 1. The summed E-state index contributed by atoms with van der Waals surface area (Å²) >= 11 is 0. The Kier molecular flexibility index (Phi) is 5.83. The van der Waals surface area contributed by atoms with Gasteiger partial charge in [-0.1, -0.05) is 0 Å². The monoisotopic (exact) mass is 295 g/mol. The third-order valence-electron chi connectivity index (χ3n) is 2.94. The number of aromatic nitrogens is 3. The number of nitrogens with one attached hydrogen (secondary N) is 1. The zero-order valence-electron chi connectivity index (χ0n) is 13.6. The maximum Gasteiger partial charge on any atom is 0.234 e. The van der Waals surface area contributed by atoms with Crippen LogP contribution in [-0.2, 0) is 4.79 Å². The molecular formula is C13H25N7O. The minimum atomic E-state index is -0.146. The number of rotatable bonds is 6. The van der Waals surface area contributed by atoms with E-state index < -0.39 is 0 Å². The molecule has 1 aromatic rings. The van der Waals surface area contributed by atoms with Crippen LogP contribution >= 0.6 is 0 Å². The molecule has 0 aliphatic heterocycles. The van der Waals surface area contributed by atoms with Crippen molar-refractivity contribution in [1.82, 2.24) is 25.2 Å². The molecule has 0 fully saturated rings. The molecule has 8 heteroatoms. The van der Waals surface area contributed by atoms with Gasteiger partial charge in [0.05, 0.1) is 12.6 Å². The highest BCUT2D eigenvalue weighted by Crippen LogP contribution is 2.17. The van der Waals surface area contributed by atoms with Crippen LogP contribution in [0.1, 0.15) is 32.6 Å². The molecule has 0 radical (unpaired) electrons. The van der Waals surface area contributed by atoms with Crippen molar-refractivity contribution < 1.29 is 4.79 Å². The Balaban J connectivity index is 2.82. The minimum Gasteiger partial charge on any atom is -0.368 e. The number of anilines is 2. The molecule has 1 heterocycles. The lowest BCUT2D eigenvalue weighted by Gasteiger charge is -2.24. The van der Waals surface area contributed by atoms with Crippen LogP contribution in [0.2, 0.25) is 0 Å². The van der Waals surface area contributed by atoms with Gasteiger partial charge in [-0.25, -0.2) is 0 Å². The molecule has 0 aliphatic rings. The summed E-state index contributed by atoms with van der Waals surface area (Å²) in [5.74, 6) is 1.19. The molecule has 0 aliphatic carbocycles. The second-order valence-electron chi connectivity index (χ2n) is 5.56. The molecule has 0 bridgehead atoms. The fourth-order valence-electron chi connectivity index (χ4n) is 1.71. The molecule has 118 valence electrons. The van der Waals surface area contributed by atoms with Gasteiger partial charge in [0, 0.05) is 20.1 Å². The number of likely N-dealkylation sites (N-methyl/N-ethyl adjacent to an activating group) is 1. The Morgan fingerprint density at radius 3 is 2.33 bits per heavy atom. The molecule has 0 spiro atoms. The average Bonchev–Trinajstić information content (AvgIpc) is 2.35. The normalized spacial score (nSPS) is 12.6. The highest BCUT2D eigenvalue weighted by atomic mass is 16.2. The first kappa shape index (κ1) is 17.1. The number of hydrogen-bond donors (Lipinski definition) is 2. The fourth-order valence-corrected chi connectivity index (χ4v) is 1.71. The fraction of sp³-hybridized carbons (Fsp3) is 0.692. The van der Waals surface area contributed by atoms with E-state index in [0.717, 1.165) is 0 Å². The van der Waals surface area contributed by atoms with Crippen molar-refractivity contribution in [3.05, 3.63) is 5.82 Å². The third-order valence-corrected chi connectivity index (χ3v) is 2.94. The largest absolute Gasteiger partial charge is 0.368 e. The van der Waals surface area contributed by atoms with Gasteiger partial charge < -0.3 is 16.0 Å². The van der Waals surface area contributed by atoms with E-state index in [2.05, 4.69) is 20.3 Å². The Bertz CT molecular complexity index is 489. The summed E-state index contributed by atoms with van der Waals surface area (Å²) in [6, 6.07) is -0.0266. The minimum absolute atomic E-state index is 0.0331. The number of hydrogen-bond acceptors (Lipinski definition) is 7. The molecule has 1 rings (SSSR count). The highest BCUT2D eigenvalue weighted by molar-refractivity contribution is 5.78. The van der Waals surface area contributed by atoms with Crippen LogP contribution in [0.3, 0.4) is 0 Å².